The number of hydrogen-bond acceptors (Lipinski definition) is 6. The zero-order valence-corrected chi connectivity index (χ0v) is 13.3. The van der Waals surface area contributed by atoms with E-state index in [0.717, 1.165) is 24.4 Å². The van der Waals surface area contributed by atoms with E-state index in [0.29, 0.717) is 23.3 Å². The van der Waals surface area contributed by atoms with Gasteiger partial charge in [0, 0.05) is 25.3 Å². The number of aryl methyl sites for hydroxylation is 1. The van der Waals surface area contributed by atoms with Crippen molar-refractivity contribution in [2.45, 2.75) is 32.4 Å². The average molecular weight is 309 g/mol. The van der Waals surface area contributed by atoms with Crippen LogP contribution in [0.1, 0.15) is 26.0 Å². The van der Waals surface area contributed by atoms with Crippen LogP contribution in [-0.2, 0) is 4.79 Å². The molecule has 2 rings (SSSR count). The van der Waals surface area contributed by atoms with Gasteiger partial charge in [-0.15, -0.1) is 10.2 Å². The third-order valence-corrected chi connectivity index (χ3v) is 3.97. The minimum atomic E-state index is 0.151. The Hall–Kier alpha value is -1.76. The fourth-order valence-electron chi connectivity index (χ4n) is 1.94. The Morgan fingerprint density at radius 2 is 2.10 bits per heavy atom. The van der Waals surface area contributed by atoms with Gasteiger partial charge in [0.05, 0.1) is 11.8 Å². The number of nitrogens with zero attached hydrogens (tertiary/aromatic N) is 3. The summed E-state index contributed by atoms with van der Waals surface area (Å²) >= 11 is 1.39. The molecule has 0 fully saturated rings. The van der Waals surface area contributed by atoms with E-state index in [9.17, 15) is 4.79 Å². The van der Waals surface area contributed by atoms with Gasteiger partial charge in [0.15, 0.2) is 0 Å². The van der Waals surface area contributed by atoms with Gasteiger partial charge < -0.3 is 13.7 Å². The highest BCUT2D eigenvalue weighted by atomic mass is 32.2. The number of carbonyl (C=O) groups is 1. The van der Waals surface area contributed by atoms with Crippen LogP contribution in [0.15, 0.2) is 26.4 Å². The average Bonchev–Trinajstić information content (AvgIpc) is 3.09. The molecule has 114 valence electrons. The first-order valence-electron chi connectivity index (χ1n) is 6.94. The number of aromatic nitrogens is 2. The van der Waals surface area contributed by atoms with E-state index >= 15 is 0 Å². The molecule has 2 aromatic heterocycles. The van der Waals surface area contributed by atoms with Gasteiger partial charge in [0.2, 0.25) is 5.91 Å². The van der Waals surface area contributed by atoms with E-state index < -0.39 is 0 Å². The predicted octanol–water partition coefficient (Wildman–Crippen LogP) is 2.99. The Morgan fingerprint density at radius 3 is 2.71 bits per heavy atom. The second-order valence-corrected chi connectivity index (χ2v) is 5.47. The van der Waals surface area contributed by atoms with Crippen LogP contribution in [0.2, 0.25) is 0 Å². The highest BCUT2D eigenvalue weighted by molar-refractivity contribution is 7.99. The fraction of sp³-hybridized carbons (Fsp3) is 0.500. The van der Waals surface area contributed by atoms with Crippen LogP contribution in [0.4, 0.5) is 0 Å². The van der Waals surface area contributed by atoms with Crippen molar-refractivity contribution in [3.63, 3.8) is 0 Å². The van der Waals surface area contributed by atoms with E-state index in [1.165, 1.54) is 11.8 Å². The smallest absolute Gasteiger partial charge is 0.276 e. The van der Waals surface area contributed by atoms with Crippen LogP contribution in [0, 0.1) is 6.92 Å². The Morgan fingerprint density at radius 1 is 1.33 bits per heavy atom. The fourth-order valence-corrected chi connectivity index (χ4v) is 2.63. The molecule has 21 heavy (non-hydrogen) atoms. The molecule has 0 bridgehead atoms. The summed E-state index contributed by atoms with van der Waals surface area (Å²) in [6, 6.07) is 1.79. The van der Waals surface area contributed by atoms with Crippen LogP contribution in [0.3, 0.4) is 0 Å². The maximum absolute atomic E-state index is 11.9. The van der Waals surface area contributed by atoms with Gasteiger partial charge in [-0.2, -0.15) is 0 Å². The molecular weight excluding hydrogens is 290 g/mol. The zero-order valence-electron chi connectivity index (χ0n) is 12.5. The van der Waals surface area contributed by atoms with Crippen LogP contribution < -0.4 is 0 Å². The number of thioether (sulfide) groups is 1. The zero-order chi connectivity index (χ0) is 15.2. The lowest BCUT2D eigenvalue weighted by Gasteiger charge is -2.17. The molecule has 0 saturated heterocycles. The molecule has 0 aliphatic heterocycles. The van der Waals surface area contributed by atoms with Crippen molar-refractivity contribution in [3.8, 4) is 11.5 Å². The number of carbonyl (C=O) groups excluding carboxylic acids is 1. The second kappa shape index (κ2) is 7.31. The highest BCUT2D eigenvalue weighted by Crippen LogP contribution is 2.26. The third-order valence-electron chi connectivity index (χ3n) is 3.15. The maximum atomic E-state index is 11.9. The lowest BCUT2D eigenvalue weighted by molar-refractivity contribution is -0.130. The van der Waals surface area contributed by atoms with Crippen LogP contribution in [0.25, 0.3) is 11.5 Å². The number of hydrogen-bond donors (Lipinski definition) is 0. The normalized spacial score (nSPS) is 10.8. The summed E-state index contributed by atoms with van der Waals surface area (Å²) < 4.78 is 10.8. The lowest BCUT2D eigenvalue weighted by Crippen LogP contribution is -2.30. The van der Waals surface area contributed by atoms with Crippen molar-refractivity contribution >= 4 is 17.7 Å². The quantitative estimate of drug-likeness (QED) is 0.732. The standard InChI is InChI=1S/C14H19N3O3S/c1-4-17(5-2)12(18)7-9-21-14-16-15-13(20-14)11-6-8-19-10(11)3/h6,8H,4-5,7,9H2,1-3H3. The molecule has 6 nitrogen and oxygen atoms in total. The van der Waals surface area contributed by atoms with Gasteiger partial charge in [0.1, 0.15) is 5.76 Å². The summed E-state index contributed by atoms with van der Waals surface area (Å²) in [6.07, 6.45) is 2.05. The van der Waals surface area contributed by atoms with Gasteiger partial charge in [-0.1, -0.05) is 11.8 Å². The van der Waals surface area contributed by atoms with Gasteiger partial charge >= 0.3 is 0 Å². The van der Waals surface area contributed by atoms with Crippen molar-refractivity contribution in [2.75, 3.05) is 18.8 Å². The molecular formula is C14H19N3O3S. The molecule has 0 saturated carbocycles. The Labute approximate surface area is 127 Å². The molecule has 0 radical (unpaired) electrons. The SMILES string of the molecule is CCN(CC)C(=O)CCSc1nnc(-c2ccoc2C)o1. The predicted molar refractivity (Wildman–Crippen MR) is 80.0 cm³/mol. The maximum Gasteiger partial charge on any atom is 0.276 e. The summed E-state index contributed by atoms with van der Waals surface area (Å²) in [7, 11) is 0. The first-order chi connectivity index (χ1) is 10.2. The number of rotatable bonds is 7. The minimum absolute atomic E-state index is 0.151. The van der Waals surface area contributed by atoms with E-state index in [4.69, 9.17) is 8.83 Å². The van der Waals surface area contributed by atoms with Crippen molar-refractivity contribution in [1.82, 2.24) is 15.1 Å². The minimum Gasteiger partial charge on any atom is -0.469 e. The molecule has 1 amide bonds. The van der Waals surface area contributed by atoms with Crippen molar-refractivity contribution < 1.29 is 13.6 Å². The Bertz CT molecular complexity index is 590. The van der Waals surface area contributed by atoms with Crippen molar-refractivity contribution in [2.24, 2.45) is 0 Å². The van der Waals surface area contributed by atoms with E-state index in [2.05, 4.69) is 10.2 Å². The van der Waals surface area contributed by atoms with E-state index in [1.54, 1.807) is 12.3 Å². The van der Waals surface area contributed by atoms with Gasteiger partial charge in [-0.3, -0.25) is 4.79 Å². The van der Waals surface area contributed by atoms with Crippen LogP contribution in [0.5, 0.6) is 0 Å². The summed E-state index contributed by atoms with van der Waals surface area (Å²) in [5.74, 6) is 1.96. The molecule has 0 unspecified atom stereocenters. The third kappa shape index (κ3) is 3.87. The molecule has 0 aliphatic rings. The molecule has 0 N–H and O–H groups in total. The number of amides is 1. The van der Waals surface area contributed by atoms with Gasteiger partial charge in [-0.25, -0.2) is 0 Å². The Kier molecular flexibility index (Phi) is 5.44. The molecule has 0 atom stereocenters. The van der Waals surface area contributed by atoms with Gasteiger partial charge in [-0.05, 0) is 26.8 Å². The summed E-state index contributed by atoms with van der Waals surface area (Å²) in [6.45, 7) is 7.28. The first kappa shape index (κ1) is 15.6. The van der Waals surface area contributed by atoms with E-state index in [-0.39, 0.29) is 5.91 Å². The summed E-state index contributed by atoms with van der Waals surface area (Å²) in [5.41, 5.74) is 0.800. The van der Waals surface area contributed by atoms with Gasteiger partial charge in [0.25, 0.3) is 11.1 Å². The molecule has 0 aromatic carbocycles. The van der Waals surface area contributed by atoms with Crippen molar-refractivity contribution in [3.05, 3.63) is 18.1 Å². The molecule has 0 spiro atoms. The Balaban J connectivity index is 1.86. The number of furan rings is 1. The van der Waals surface area contributed by atoms with Crippen LogP contribution in [-0.4, -0.2) is 39.8 Å². The molecule has 7 heteroatoms. The van der Waals surface area contributed by atoms with Crippen LogP contribution >= 0.6 is 11.8 Å². The largest absolute Gasteiger partial charge is 0.469 e. The topological polar surface area (TPSA) is 72.4 Å². The second-order valence-electron chi connectivity index (χ2n) is 4.43. The summed E-state index contributed by atoms with van der Waals surface area (Å²) in [4.78, 5) is 13.7. The van der Waals surface area contributed by atoms with E-state index in [1.807, 2.05) is 25.7 Å². The molecule has 2 heterocycles. The first-order valence-corrected chi connectivity index (χ1v) is 7.92. The monoisotopic (exact) mass is 309 g/mol. The summed E-state index contributed by atoms with van der Waals surface area (Å²) in [5, 5.41) is 8.44. The molecule has 0 aliphatic carbocycles. The van der Waals surface area contributed by atoms with Crippen molar-refractivity contribution in [1.29, 1.82) is 0 Å². The lowest BCUT2D eigenvalue weighted by atomic mass is 10.3. The highest BCUT2D eigenvalue weighted by Gasteiger charge is 2.14. The molecule has 2 aromatic rings.